The molecule has 0 aliphatic rings. The molecule has 0 fully saturated rings. The van der Waals surface area contributed by atoms with Crippen molar-refractivity contribution in [2.24, 2.45) is 0 Å². The highest BCUT2D eigenvalue weighted by molar-refractivity contribution is 6.04. The number of rotatable bonds is 8. The molecule has 4 heteroatoms. The molecule has 0 radical (unpaired) electrons. The van der Waals surface area contributed by atoms with Gasteiger partial charge in [-0.2, -0.15) is 0 Å². The molecular weight excluding hydrogens is 302 g/mol. The number of hydrogen-bond donors (Lipinski definition) is 1. The van der Waals surface area contributed by atoms with Gasteiger partial charge in [-0.3, -0.25) is 4.79 Å². The minimum Gasteiger partial charge on any atom is -0.494 e. The van der Waals surface area contributed by atoms with Crippen molar-refractivity contribution < 1.29 is 14.3 Å². The number of anilines is 1. The molecule has 4 nitrogen and oxygen atoms in total. The van der Waals surface area contributed by atoms with Gasteiger partial charge in [0.25, 0.3) is 5.91 Å². The van der Waals surface area contributed by atoms with Gasteiger partial charge in [-0.15, -0.1) is 0 Å². The average Bonchev–Trinajstić information content (AvgIpc) is 2.57. The SMILES string of the molecule is CCCCOc1ccc(C(=O)Nc2ccc(OC(C)C)cc2)cc1. The van der Waals surface area contributed by atoms with Crippen molar-refractivity contribution in [1.82, 2.24) is 0 Å². The Morgan fingerprint density at radius 3 is 2.21 bits per heavy atom. The molecule has 128 valence electrons. The van der Waals surface area contributed by atoms with Crippen LogP contribution in [0.4, 0.5) is 5.69 Å². The predicted octanol–water partition coefficient (Wildman–Crippen LogP) is 4.91. The lowest BCUT2D eigenvalue weighted by atomic mass is 10.2. The van der Waals surface area contributed by atoms with E-state index in [2.05, 4.69) is 12.2 Å². The Hall–Kier alpha value is -2.49. The average molecular weight is 327 g/mol. The van der Waals surface area contributed by atoms with E-state index >= 15 is 0 Å². The second-order valence-electron chi connectivity index (χ2n) is 5.87. The molecule has 24 heavy (non-hydrogen) atoms. The topological polar surface area (TPSA) is 47.6 Å². The molecule has 0 aromatic heterocycles. The second kappa shape index (κ2) is 8.96. The van der Waals surface area contributed by atoms with Gasteiger partial charge >= 0.3 is 0 Å². The Labute approximate surface area is 143 Å². The van der Waals surface area contributed by atoms with E-state index in [4.69, 9.17) is 9.47 Å². The minimum absolute atomic E-state index is 0.128. The number of unbranched alkanes of at least 4 members (excludes halogenated alkanes) is 1. The first-order valence-electron chi connectivity index (χ1n) is 8.39. The van der Waals surface area contributed by atoms with Gasteiger partial charge in [0.15, 0.2) is 0 Å². The predicted molar refractivity (Wildman–Crippen MR) is 97.0 cm³/mol. The van der Waals surface area contributed by atoms with Crippen LogP contribution in [-0.2, 0) is 0 Å². The monoisotopic (exact) mass is 327 g/mol. The Morgan fingerprint density at radius 1 is 1.00 bits per heavy atom. The Bertz CT molecular complexity index is 633. The van der Waals surface area contributed by atoms with Gasteiger partial charge in [-0.25, -0.2) is 0 Å². The fourth-order valence-electron chi connectivity index (χ4n) is 2.13. The standard InChI is InChI=1S/C20H25NO3/c1-4-5-14-23-18-10-6-16(7-11-18)20(22)21-17-8-12-19(13-9-17)24-15(2)3/h6-13,15H,4-5,14H2,1-3H3,(H,21,22). The van der Waals surface area contributed by atoms with Crippen LogP contribution in [0.1, 0.15) is 44.0 Å². The maximum absolute atomic E-state index is 12.3. The van der Waals surface area contributed by atoms with Crippen molar-refractivity contribution in [3.63, 3.8) is 0 Å². The first-order chi connectivity index (χ1) is 11.6. The number of nitrogens with one attached hydrogen (secondary N) is 1. The molecule has 0 bridgehead atoms. The summed E-state index contributed by atoms with van der Waals surface area (Å²) in [5.41, 5.74) is 1.33. The van der Waals surface area contributed by atoms with Gasteiger partial charge in [0.05, 0.1) is 12.7 Å². The van der Waals surface area contributed by atoms with E-state index in [1.165, 1.54) is 0 Å². The number of carbonyl (C=O) groups excluding carboxylic acids is 1. The minimum atomic E-state index is -0.146. The van der Waals surface area contributed by atoms with Crippen molar-refractivity contribution in [2.45, 2.75) is 39.7 Å². The van der Waals surface area contributed by atoms with Crippen molar-refractivity contribution in [1.29, 1.82) is 0 Å². The van der Waals surface area contributed by atoms with Crippen LogP contribution < -0.4 is 14.8 Å². The van der Waals surface area contributed by atoms with Crippen molar-refractivity contribution >= 4 is 11.6 Å². The van der Waals surface area contributed by atoms with Crippen LogP contribution >= 0.6 is 0 Å². The van der Waals surface area contributed by atoms with Gasteiger partial charge in [0, 0.05) is 11.3 Å². The molecule has 0 saturated heterocycles. The lowest BCUT2D eigenvalue weighted by molar-refractivity contribution is 0.102. The molecular formula is C20H25NO3. The van der Waals surface area contributed by atoms with E-state index in [-0.39, 0.29) is 12.0 Å². The number of ether oxygens (including phenoxy) is 2. The highest BCUT2D eigenvalue weighted by Gasteiger charge is 2.07. The maximum Gasteiger partial charge on any atom is 0.255 e. The summed E-state index contributed by atoms with van der Waals surface area (Å²) >= 11 is 0. The summed E-state index contributed by atoms with van der Waals surface area (Å²) in [4.78, 5) is 12.3. The van der Waals surface area contributed by atoms with Crippen molar-refractivity contribution in [3.05, 3.63) is 54.1 Å². The quantitative estimate of drug-likeness (QED) is 0.701. The lowest BCUT2D eigenvalue weighted by Gasteiger charge is -2.11. The van der Waals surface area contributed by atoms with Gasteiger partial charge in [-0.1, -0.05) is 13.3 Å². The zero-order chi connectivity index (χ0) is 17.4. The molecule has 0 atom stereocenters. The van der Waals surface area contributed by atoms with Crippen LogP contribution in [0, 0.1) is 0 Å². The summed E-state index contributed by atoms with van der Waals surface area (Å²) in [7, 11) is 0. The molecule has 0 heterocycles. The van der Waals surface area contributed by atoms with Crippen LogP contribution in [0.5, 0.6) is 11.5 Å². The molecule has 0 unspecified atom stereocenters. The molecule has 0 aliphatic heterocycles. The van der Waals surface area contributed by atoms with E-state index in [9.17, 15) is 4.79 Å². The number of benzene rings is 2. The summed E-state index contributed by atoms with van der Waals surface area (Å²) in [6, 6.07) is 14.5. The molecule has 2 aromatic rings. The molecule has 0 aliphatic carbocycles. The van der Waals surface area contributed by atoms with Crippen molar-refractivity contribution in [3.8, 4) is 11.5 Å². The maximum atomic E-state index is 12.3. The van der Waals surface area contributed by atoms with Crippen molar-refractivity contribution in [2.75, 3.05) is 11.9 Å². The zero-order valence-electron chi connectivity index (χ0n) is 14.5. The fraction of sp³-hybridized carbons (Fsp3) is 0.350. The zero-order valence-corrected chi connectivity index (χ0v) is 14.5. The lowest BCUT2D eigenvalue weighted by Crippen LogP contribution is -2.12. The smallest absolute Gasteiger partial charge is 0.255 e. The highest BCUT2D eigenvalue weighted by Crippen LogP contribution is 2.18. The first-order valence-corrected chi connectivity index (χ1v) is 8.39. The van der Waals surface area contributed by atoms with E-state index in [0.717, 1.165) is 30.0 Å². The Kier molecular flexibility index (Phi) is 6.67. The Balaban J connectivity index is 1.91. The van der Waals surface area contributed by atoms with E-state index in [1.54, 1.807) is 12.1 Å². The van der Waals surface area contributed by atoms with E-state index < -0.39 is 0 Å². The fourth-order valence-corrected chi connectivity index (χ4v) is 2.13. The summed E-state index contributed by atoms with van der Waals surface area (Å²) in [6.45, 7) is 6.78. The van der Waals surface area contributed by atoms with E-state index in [0.29, 0.717) is 12.2 Å². The molecule has 2 aromatic carbocycles. The summed E-state index contributed by atoms with van der Waals surface area (Å²) in [5, 5.41) is 2.88. The number of hydrogen-bond acceptors (Lipinski definition) is 3. The molecule has 0 spiro atoms. The van der Waals surface area contributed by atoms with E-state index in [1.807, 2.05) is 50.2 Å². The van der Waals surface area contributed by atoms with Crippen LogP contribution in [0.25, 0.3) is 0 Å². The number of carbonyl (C=O) groups is 1. The van der Waals surface area contributed by atoms with Gasteiger partial charge in [0.2, 0.25) is 0 Å². The van der Waals surface area contributed by atoms with Gasteiger partial charge in [-0.05, 0) is 68.8 Å². The third-order valence-electron chi connectivity index (χ3n) is 3.37. The van der Waals surface area contributed by atoms with Crippen LogP contribution in [0.2, 0.25) is 0 Å². The molecule has 0 saturated carbocycles. The van der Waals surface area contributed by atoms with Crippen LogP contribution in [0.15, 0.2) is 48.5 Å². The Morgan fingerprint density at radius 2 is 1.62 bits per heavy atom. The molecule has 2 rings (SSSR count). The first kappa shape index (κ1) is 17.9. The summed E-state index contributed by atoms with van der Waals surface area (Å²) in [6.07, 6.45) is 2.25. The van der Waals surface area contributed by atoms with Crippen LogP contribution in [0.3, 0.4) is 0 Å². The highest BCUT2D eigenvalue weighted by atomic mass is 16.5. The normalized spacial score (nSPS) is 10.5. The van der Waals surface area contributed by atoms with Gasteiger partial charge in [0.1, 0.15) is 11.5 Å². The third-order valence-corrected chi connectivity index (χ3v) is 3.37. The van der Waals surface area contributed by atoms with Crippen LogP contribution in [-0.4, -0.2) is 18.6 Å². The number of amides is 1. The summed E-state index contributed by atoms with van der Waals surface area (Å²) < 4.78 is 11.2. The van der Waals surface area contributed by atoms with Gasteiger partial charge < -0.3 is 14.8 Å². The summed E-state index contributed by atoms with van der Waals surface area (Å²) in [5.74, 6) is 1.43. The third kappa shape index (κ3) is 5.61. The molecule has 1 N–H and O–H groups in total. The second-order valence-corrected chi connectivity index (χ2v) is 5.87. The molecule has 1 amide bonds. The largest absolute Gasteiger partial charge is 0.494 e.